The van der Waals surface area contributed by atoms with E-state index in [1.54, 1.807) is 6.92 Å². The number of benzene rings is 1. The number of hydrogen-bond acceptors (Lipinski definition) is 2. The van der Waals surface area contributed by atoms with E-state index in [2.05, 4.69) is 40.1 Å². The molecule has 0 aliphatic heterocycles. The fourth-order valence-corrected chi connectivity index (χ4v) is 2.68. The maximum atomic E-state index is 11.9. The van der Waals surface area contributed by atoms with Crippen LogP contribution in [0.4, 0.5) is 0 Å². The standard InChI is InChI=1S/C16H19BrN2O/c1-4-9-19-11(2)16(12(3)20)15(18-19)10-13-5-7-14(17)8-6-13/h5-8H,4,9-10H2,1-3H3. The molecule has 106 valence electrons. The van der Waals surface area contributed by atoms with Crippen LogP contribution in [0.1, 0.15) is 47.6 Å². The van der Waals surface area contributed by atoms with Crippen LogP contribution in [0, 0.1) is 6.92 Å². The van der Waals surface area contributed by atoms with E-state index in [4.69, 9.17) is 0 Å². The smallest absolute Gasteiger partial charge is 0.163 e. The first-order valence-corrected chi connectivity index (χ1v) is 7.64. The maximum absolute atomic E-state index is 11.9. The molecule has 0 saturated carbocycles. The van der Waals surface area contributed by atoms with Crippen LogP contribution < -0.4 is 0 Å². The van der Waals surface area contributed by atoms with Crippen LogP contribution in [0.2, 0.25) is 0 Å². The van der Waals surface area contributed by atoms with Gasteiger partial charge >= 0.3 is 0 Å². The highest BCUT2D eigenvalue weighted by Crippen LogP contribution is 2.20. The molecule has 3 nitrogen and oxygen atoms in total. The van der Waals surface area contributed by atoms with E-state index in [0.717, 1.165) is 40.0 Å². The first-order valence-electron chi connectivity index (χ1n) is 6.84. The summed E-state index contributed by atoms with van der Waals surface area (Å²) in [6.45, 7) is 6.56. The number of carbonyl (C=O) groups excluding carboxylic acids is 1. The molecular weight excluding hydrogens is 316 g/mol. The second-order valence-electron chi connectivity index (χ2n) is 4.99. The largest absolute Gasteiger partial charge is 0.294 e. The molecule has 0 N–H and O–H groups in total. The Kier molecular flexibility index (Phi) is 4.76. The summed E-state index contributed by atoms with van der Waals surface area (Å²) >= 11 is 3.43. The number of aromatic nitrogens is 2. The predicted octanol–water partition coefficient (Wildman–Crippen LogP) is 4.16. The molecule has 2 aromatic rings. The lowest BCUT2D eigenvalue weighted by atomic mass is 10.0. The number of carbonyl (C=O) groups is 1. The van der Waals surface area contributed by atoms with Crippen molar-refractivity contribution >= 4 is 21.7 Å². The first kappa shape index (κ1) is 15.0. The van der Waals surface area contributed by atoms with Gasteiger partial charge in [0, 0.05) is 23.1 Å². The van der Waals surface area contributed by atoms with Gasteiger partial charge in [-0.1, -0.05) is 35.0 Å². The molecule has 2 rings (SSSR count). The van der Waals surface area contributed by atoms with Gasteiger partial charge in [-0.3, -0.25) is 9.48 Å². The van der Waals surface area contributed by atoms with Gasteiger partial charge in [-0.15, -0.1) is 0 Å². The van der Waals surface area contributed by atoms with Crippen molar-refractivity contribution in [1.82, 2.24) is 9.78 Å². The highest BCUT2D eigenvalue weighted by Gasteiger charge is 2.18. The minimum atomic E-state index is 0.0944. The number of aryl methyl sites for hydroxylation is 1. The van der Waals surface area contributed by atoms with Crippen LogP contribution in [-0.2, 0) is 13.0 Å². The number of halogens is 1. The van der Waals surface area contributed by atoms with E-state index in [1.165, 1.54) is 0 Å². The SMILES string of the molecule is CCCn1nc(Cc2ccc(Br)cc2)c(C(C)=O)c1C. The molecule has 1 aromatic carbocycles. The van der Waals surface area contributed by atoms with Crippen LogP contribution in [0.3, 0.4) is 0 Å². The first-order chi connectivity index (χ1) is 9.52. The Bertz CT molecular complexity index is 614. The number of rotatable bonds is 5. The van der Waals surface area contributed by atoms with E-state index in [0.29, 0.717) is 6.42 Å². The Morgan fingerprint density at radius 1 is 1.30 bits per heavy atom. The molecular formula is C16H19BrN2O. The molecule has 0 atom stereocenters. The van der Waals surface area contributed by atoms with E-state index in [1.807, 2.05) is 23.7 Å². The topological polar surface area (TPSA) is 34.9 Å². The quantitative estimate of drug-likeness (QED) is 0.769. The summed E-state index contributed by atoms with van der Waals surface area (Å²) in [4.78, 5) is 11.9. The summed E-state index contributed by atoms with van der Waals surface area (Å²) < 4.78 is 3.01. The molecule has 0 spiro atoms. The molecule has 1 aromatic heterocycles. The van der Waals surface area contributed by atoms with Gasteiger partial charge in [0.2, 0.25) is 0 Å². The third-order valence-corrected chi connectivity index (χ3v) is 3.88. The van der Waals surface area contributed by atoms with Crippen molar-refractivity contribution in [3.63, 3.8) is 0 Å². The zero-order valence-electron chi connectivity index (χ0n) is 12.1. The van der Waals surface area contributed by atoms with Gasteiger partial charge in [-0.25, -0.2) is 0 Å². The van der Waals surface area contributed by atoms with Crippen molar-refractivity contribution < 1.29 is 4.79 Å². The molecule has 4 heteroatoms. The van der Waals surface area contributed by atoms with Crippen molar-refractivity contribution in [2.75, 3.05) is 0 Å². The summed E-state index contributed by atoms with van der Waals surface area (Å²) in [5.74, 6) is 0.0944. The van der Waals surface area contributed by atoms with Crippen LogP contribution in [0.5, 0.6) is 0 Å². The van der Waals surface area contributed by atoms with Crippen LogP contribution in [-0.4, -0.2) is 15.6 Å². The Morgan fingerprint density at radius 3 is 2.50 bits per heavy atom. The fourth-order valence-electron chi connectivity index (χ4n) is 2.42. The highest BCUT2D eigenvalue weighted by molar-refractivity contribution is 9.10. The number of Topliss-reactive ketones (excluding diaryl/α,β-unsaturated/α-hetero) is 1. The minimum absolute atomic E-state index is 0.0944. The number of nitrogens with zero attached hydrogens (tertiary/aromatic N) is 2. The van der Waals surface area contributed by atoms with Crippen molar-refractivity contribution in [1.29, 1.82) is 0 Å². The van der Waals surface area contributed by atoms with Gasteiger partial charge in [0.15, 0.2) is 5.78 Å². The number of ketones is 1. The lowest BCUT2D eigenvalue weighted by Gasteiger charge is -2.01. The van der Waals surface area contributed by atoms with E-state index in [9.17, 15) is 4.79 Å². The third-order valence-electron chi connectivity index (χ3n) is 3.35. The zero-order valence-corrected chi connectivity index (χ0v) is 13.7. The average Bonchev–Trinajstić information content (AvgIpc) is 2.69. The normalized spacial score (nSPS) is 10.8. The molecule has 0 radical (unpaired) electrons. The molecule has 0 fully saturated rings. The maximum Gasteiger partial charge on any atom is 0.163 e. The number of hydrogen-bond donors (Lipinski definition) is 0. The van der Waals surface area contributed by atoms with Crippen molar-refractivity contribution in [2.45, 2.75) is 40.2 Å². The summed E-state index contributed by atoms with van der Waals surface area (Å²) in [5, 5.41) is 4.62. The average molecular weight is 335 g/mol. The van der Waals surface area contributed by atoms with Crippen LogP contribution in [0.25, 0.3) is 0 Å². The molecule has 0 bridgehead atoms. The van der Waals surface area contributed by atoms with Crippen molar-refractivity contribution in [2.24, 2.45) is 0 Å². The summed E-state index contributed by atoms with van der Waals surface area (Å²) in [6, 6.07) is 8.14. The highest BCUT2D eigenvalue weighted by atomic mass is 79.9. The van der Waals surface area contributed by atoms with Gasteiger partial charge < -0.3 is 0 Å². The second kappa shape index (κ2) is 6.35. The molecule has 0 aliphatic carbocycles. The Morgan fingerprint density at radius 2 is 1.95 bits per heavy atom. The minimum Gasteiger partial charge on any atom is -0.294 e. The molecule has 20 heavy (non-hydrogen) atoms. The summed E-state index contributed by atoms with van der Waals surface area (Å²) in [7, 11) is 0. The lowest BCUT2D eigenvalue weighted by Crippen LogP contribution is -2.02. The monoisotopic (exact) mass is 334 g/mol. The van der Waals surface area contributed by atoms with Crippen LogP contribution in [0.15, 0.2) is 28.7 Å². The van der Waals surface area contributed by atoms with Crippen LogP contribution >= 0.6 is 15.9 Å². The predicted molar refractivity (Wildman–Crippen MR) is 84.2 cm³/mol. The Hall–Kier alpha value is -1.42. The van der Waals surface area contributed by atoms with Gasteiger partial charge in [0.1, 0.15) is 0 Å². The van der Waals surface area contributed by atoms with Gasteiger partial charge in [0.05, 0.1) is 11.3 Å². The molecule has 0 aliphatic rings. The molecule has 1 heterocycles. The van der Waals surface area contributed by atoms with Crippen molar-refractivity contribution in [3.8, 4) is 0 Å². The van der Waals surface area contributed by atoms with Crippen molar-refractivity contribution in [3.05, 3.63) is 51.3 Å². The van der Waals surface area contributed by atoms with E-state index >= 15 is 0 Å². The third kappa shape index (κ3) is 3.18. The Balaban J connectivity index is 2.37. The van der Waals surface area contributed by atoms with Gasteiger partial charge in [-0.05, 0) is 38.0 Å². The Labute approximate surface area is 128 Å². The van der Waals surface area contributed by atoms with E-state index in [-0.39, 0.29) is 5.78 Å². The van der Waals surface area contributed by atoms with E-state index < -0.39 is 0 Å². The van der Waals surface area contributed by atoms with Gasteiger partial charge in [0.25, 0.3) is 0 Å². The zero-order chi connectivity index (χ0) is 14.7. The molecule has 0 saturated heterocycles. The van der Waals surface area contributed by atoms with Gasteiger partial charge in [-0.2, -0.15) is 5.10 Å². The summed E-state index contributed by atoms with van der Waals surface area (Å²) in [5.41, 5.74) is 3.80. The molecule has 0 amide bonds. The second-order valence-corrected chi connectivity index (χ2v) is 5.91. The fraction of sp³-hybridized carbons (Fsp3) is 0.375. The summed E-state index contributed by atoms with van der Waals surface area (Å²) in [6.07, 6.45) is 1.71. The molecule has 0 unspecified atom stereocenters. The lowest BCUT2D eigenvalue weighted by molar-refractivity contribution is 0.101.